The number of aryl methyl sites for hydroxylation is 1. The molecule has 3 aliphatic rings. The number of nitrogens with one attached hydrogen (secondary N) is 3. The number of anilines is 1. The molecule has 0 aromatic heterocycles. The Kier molecular flexibility index (Phi) is 2.97. The highest BCUT2D eigenvalue weighted by atomic mass is 15.2. The molecule has 1 aromatic rings. The first-order valence-electron chi connectivity index (χ1n) is 7.71. The number of hydrogen-bond donors (Lipinski definition) is 3. The van der Waals surface area contributed by atoms with E-state index in [2.05, 4.69) is 40.2 Å². The molecule has 19 heavy (non-hydrogen) atoms. The summed E-state index contributed by atoms with van der Waals surface area (Å²) in [6, 6.07) is 10.9. The zero-order valence-corrected chi connectivity index (χ0v) is 11.4. The molecule has 1 aliphatic carbocycles. The van der Waals surface area contributed by atoms with Crippen LogP contribution < -0.4 is 16.0 Å². The van der Waals surface area contributed by atoms with Crippen LogP contribution in [0, 0.1) is 5.92 Å². The Morgan fingerprint density at radius 1 is 0.895 bits per heavy atom. The molecular weight excluding hydrogens is 234 g/mol. The van der Waals surface area contributed by atoms with Crippen LogP contribution in [0.2, 0.25) is 0 Å². The molecule has 0 amide bonds. The summed E-state index contributed by atoms with van der Waals surface area (Å²) in [5, 5.41) is 11.0. The summed E-state index contributed by atoms with van der Waals surface area (Å²) in [5.74, 6) is 0.835. The van der Waals surface area contributed by atoms with Crippen LogP contribution in [0.3, 0.4) is 0 Å². The van der Waals surface area contributed by atoms with Crippen molar-refractivity contribution in [2.24, 2.45) is 5.92 Å². The first kappa shape index (κ1) is 11.7. The minimum Gasteiger partial charge on any atom is -0.382 e. The summed E-state index contributed by atoms with van der Waals surface area (Å²) < 4.78 is 0. The van der Waals surface area contributed by atoms with Crippen molar-refractivity contribution in [2.75, 3.05) is 12.0 Å². The number of rotatable bonds is 1. The van der Waals surface area contributed by atoms with Gasteiger partial charge in [-0.05, 0) is 49.7 Å². The standard InChI is InChI=1S/C16H23N3/c1-2-4-13-11(3-1)5-7-14(19-13)12-6-8-15-16(9-12)18-10-17-15/h1-4,12,14-19H,5-10H2. The largest absolute Gasteiger partial charge is 0.382 e. The summed E-state index contributed by atoms with van der Waals surface area (Å²) in [5.41, 5.74) is 2.87. The van der Waals surface area contributed by atoms with Crippen LogP contribution in [0.25, 0.3) is 0 Å². The fourth-order valence-corrected chi connectivity index (χ4v) is 4.18. The minimum absolute atomic E-state index is 0.679. The lowest BCUT2D eigenvalue weighted by Gasteiger charge is -2.39. The van der Waals surface area contributed by atoms with E-state index in [9.17, 15) is 0 Å². The normalized spacial score (nSPS) is 37.3. The Bertz CT molecular complexity index is 459. The van der Waals surface area contributed by atoms with Crippen LogP contribution in [-0.4, -0.2) is 24.8 Å². The predicted molar refractivity (Wildman–Crippen MR) is 78.2 cm³/mol. The number of fused-ring (bicyclic) bond motifs is 2. The molecule has 3 N–H and O–H groups in total. The lowest BCUT2D eigenvalue weighted by Crippen LogP contribution is -2.45. The van der Waals surface area contributed by atoms with Gasteiger partial charge in [0.05, 0.1) is 0 Å². The highest BCUT2D eigenvalue weighted by Crippen LogP contribution is 2.35. The van der Waals surface area contributed by atoms with Crippen LogP contribution in [0.4, 0.5) is 5.69 Å². The van der Waals surface area contributed by atoms with Gasteiger partial charge < -0.3 is 16.0 Å². The Balaban J connectivity index is 1.46. The zero-order chi connectivity index (χ0) is 12.7. The second-order valence-electron chi connectivity index (χ2n) is 6.32. The summed E-state index contributed by atoms with van der Waals surface area (Å²) in [4.78, 5) is 0. The van der Waals surface area contributed by atoms with Crippen molar-refractivity contribution < 1.29 is 0 Å². The highest BCUT2D eigenvalue weighted by molar-refractivity contribution is 5.53. The average molecular weight is 257 g/mol. The van der Waals surface area contributed by atoms with E-state index in [0.717, 1.165) is 18.6 Å². The number of hydrogen-bond acceptors (Lipinski definition) is 3. The Morgan fingerprint density at radius 2 is 1.79 bits per heavy atom. The van der Waals surface area contributed by atoms with Crippen molar-refractivity contribution in [1.82, 2.24) is 10.6 Å². The smallest absolute Gasteiger partial charge is 0.0459 e. The molecule has 1 saturated carbocycles. The van der Waals surface area contributed by atoms with Gasteiger partial charge in [-0.25, -0.2) is 0 Å². The average Bonchev–Trinajstić information content (AvgIpc) is 2.94. The topological polar surface area (TPSA) is 36.1 Å². The minimum atomic E-state index is 0.679. The maximum Gasteiger partial charge on any atom is 0.0459 e. The molecule has 3 heteroatoms. The Hall–Kier alpha value is -1.06. The van der Waals surface area contributed by atoms with E-state index in [-0.39, 0.29) is 0 Å². The fraction of sp³-hybridized carbons (Fsp3) is 0.625. The SMILES string of the molecule is c1ccc2c(c1)CCC(C1CCC3NCNC3C1)N2. The van der Waals surface area contributed by atoms with Gasteiger partial charge in [0, 0.05) is 30.5 Å². The third-order valence-electron chi connectivity index (χ3n) is 5.27. The maximum absolute atomic E-state index is 3.80. The molecule has 4 rings (SSSR count). The van der Waals surface area contributed by atoms with Crippen LogP contribution in [-0.2, 0) is 6.42 Å². The van der Waals surface area contributed by atoms with E-state index in [1.165, 1.54) is 43.4 Å². The van der Waals surface area contributed by atoms with Gasteiger partial charge in [0.25, 0.3) is 0 Å². The molecule has 3 nitrogen and oxygen atoms in total. The van der Waals surface area contributed by atoms with Gasteiger partial charge in [-0.3, -0.25) is 0 Å². The molecule has 2 heterocycles. The van der Waals surface area contributed by atoms with Crippen LogP contribution >= 0.6 is 0 Å². The molecular formula is C16H23N3. The maximum atomic E-state index is 3.80. The molecule has 1 aromatic carbocycles. The highest BCUT2D eigenvalue weighted by Gasteiger charge is 2.37. The first-order chi connectivity index (χ1) is 9.40. The second kappa shape index (κ2) is 4.80. The lowest BCUT2D eigenvalue weighted by molar-refractivity contribution is 0.249. The van der Waals surface area contributed by atoms with E-state index in [1.807, 2.05) is 0 Å². The lowest BCUT2D eigenvalue weighted by atomic mass is 9.76. The van der Waals surface area contributed by atoms with E-state index in [4.69, 9.17) is 0 Å². The van der Waals surface area contributed by atoms with Gasteiger partial charge in [-0.1, -0.05) is 18.2 Å². The van der Waals surface area contributed by atoms with Crippen LogP contribution in [0.5, 0.6) is 0 Å². The molecule has 4 unspecified atom stereocenters. The summed E-state index contributed by atoms with van der Waals surface area (Å²) in [7, 11) is 0. The molecule has 0 radical (unpaired) electrons. The summed E-state index contributed by atoms with van der Waals surface area (Å²) >= 11 is 0. The van der Waals surface area contributed by atoms with Crippen molar-refractivity contribution in [1.29, 1.82) is 0 Å². The first-order valence-corrected chi connectivity index (χ1v) is 7.71. The van der Waals surface area contributed by atoms with E-state index < -0.39 is 0 Å². The monoisotopic (exact) mass is 257 g/mol. The number of benzene rings is 1. The molecule has 102 valence electrons. The molecule has 4 atom stereocenters. The van der Waals surface area contributed by atoms with Crippen LogP contribution in [0.15, 0.2) is 24.3 Å². The van der Waals surface area contributed by atoms with Gasteiger partial charge in [0.1, 0.15) is 0 Å². The van der Waals surface area contributed by atoms with Gasteiger partial charge in [0.2, 0.25) is 0 Å². The molecule has 2 aliphatic heterocycles. The Morgan fingerprint density at radius 3 is 2.79 bits per heavy atom. The second-order valence-corrected chi connectivity index (χ2v) is 6.32. The van der Waals surface area contributed by atoms with Gasteiger partial charge >= 0.3 is 0 Å². The van der Waals surface area contributed by atoms with Gasteiger partial charge in [0.15, 0.2) is 0 Å². The fourth-order valence-electron chi connectivity index (χ4n) is 4.18. The molecule has 1 saturated heterocycles. The summed E-state index contributed by atoms with van der Waals surface area (Å²) in [6.45, 7) is 1.00. The van der Waals surface area contributed by atoms with Gasteiger partial charge in [-0.15, -0.1) is 0 Å². The third-order valence-corrected chi connectivity index (χ3v) is 5.27. The van der Waals surface area contributed by atoms with Crippen LogP contribution in [0.1, 0.15) is 31.2 Å². The van der Waals surface area contributed by atoms with Crippen molar-refractivity contribution in [3.8, 4) is 0 Å². The van der Waals surface area contributed by atoms with Crippen molar-refractivity contribution in [3.63, 3.8) is 0 Å². The van der Waals surface area contributed by atoms with Crippen molar-refractivity contribution in [2.45, 2.75) is 50.2 Å². The Labute approximate surface area is 115 Å². The van der Waals surface area contributed by atoms with E-state index >= 15 is 0 Å². The van der Waals surface area contributed by atoms with Crippen molar-refractivity contribution >= 4 is 5.69 Å². The predicted octanol–water partition coefficient (Wildman–Crippen LogP) is 2.10. The van der Waals surface area contributed by atoms with E-state index in [0.29, 0.717) is 12.1 Å². The summed E-state index contributed by atoms with van der Waals surface area (Å²) in [6.07, 6.45) is 6.58. The van der Waals surface area contributed by atoms with Crippen molar-refractivity contribution in [3.05, 3.63) is 29.8 Å². The third kappa shape index (κ3) is 2.15. The van der Waals surface area contributed by atoms with Gasteiger partial charge in [-0.2, -0.15) is 0 Å². The molecule has 2 fully saturated rings. The van der Waals surface area contributed by atoms with E-state index in [1.54, 1.807) is 0 Å². The zero-order valence-electron chi connectivity index (χ0n) is 11.4. The number of para-hydroxylation sites is 1. The molecule has 0 spiro atoms. The molecule has 0 bridgehead atoms. The quantitative estimate of drug-likeness (QED) is 0.721.